The number of unbranched alkanes of at least 4 members (excludes halogenated alkanes) is 16. The molecule has 31 heteroatoms. The van der Waals surface area contributed by atoms with E-state index in [4.69, 9.17) is 27.7 Å². The number of Topliss-reactive ketones (excluding diaryl/α,β-unsaturated/α-hetero) is 4. The maximum absolute atomic E-state index is 15.8. The van der Waals surface area contributed by atoms with Crippen LogP contribution < -0.4 is 49.5 Å². The zero-order chi connectivity index (χ0) is 89.1. The third kappa shape index (κ3) is 37.8. The summed E-state index contributed by atoms with van der Waals surface area (Å²) in [6, 6.07) is 20.6. The van der Waals surface area contributed by atoms with Gasteiger partial charge in [0, 0.05) is 149 Å². The Labute approximate surface area is 731 Å². The molecule has 9 unspecified atom stereocenters. The van der Waals surface area contributed by atoms with Crippen LogP contribution in [-0.4, -0.2) is 201 Å². The number of carbonyl (C=O) groups excluding carboxylic acids is 12. The van der Waals surface area contributed by atoms with Gasteiger partial charge in [-0.2, -0.15) is 12.6 Å². The monoisotopic (exact) mass is 1720 g/mol. The number of ether oxygens (including phenoxy) is 1. The average molecular weight is 1720 g/mol. The highest BCUT2D eigenvalue weighted by Crippen LogP contribution is 2.33. The summed E-state index contributed by atoms with van der Waals surface area (Å²) in [4.78, 5) is 191. The van der Waals surface area contributed by atoms with Crippen LogP contribution >= 0.6 is 12.6 Å². The number of guanidine groups is 2. The number of thiol groups is 1. The van der Waals surface area contributed by atoms with Crippen molar-refractivity contribution >= 4 is 106 Å². The van der Waals surface area contributed by atoms with Gasteiger partial charge in [0.1, 0.15) is 17.9 Å². The van der Waals surface area contributed by atoms with Crippen molar-refractivity contribution in [1.82, 2.24) is 51.3 Å². The van der Waals surface area contributed by atoms with Crippen LogP contribution in [0.2, 0.25) is 0 Å². The molecule has 676 valence electrons. The van der Waals surface area contributed by atoms with Gasteiger partial charge in [0.05, 0.1) is 43.6 Å². The van der Waals surface area contributed by atoms with Gasteiger partial charge < -0.3 is 79.1 Å². The van der Waals surface area contributed by atoms with Gasteiger partial charge in [0.25, 0.3) is 6.47 Å². The Bertz CT molecular complexity index is 4060. The van der Waals surface area contributed by atoms with Gasteiger partial charge in [-0.25, -0.2) is 4.98 Å². The number of amides is 7. The van der Waals surface area contributed by atoms with Gasteiger partial charge in [-0.05, 0) is 101 Å². The number of hydrogen-bond acceptors (Lipinski definition) is 18. The number of nitrogens with one attached hydrogen (secondary N) is 7. The number of rotatable bonds is 65. The Morgan fingerprint density at radius 3 is 1.75 bits per heavy atom. The highest BCUT2D eigenvalue weighted by atomic mass is 32.1. The number of para-hydroxylation sites is 1. The SMILES string of the molecule is CCCCCCCCCCCCCCCCNC(=O)CN(CC)C(=O)CCCCCCC(=O)C(Cc1c[nH]c2ccccc12)NC(=O)C(CCCN=C(N)N)CC(=O)C(CS)NC(=O)C(CCCN=C(N)N)CC(=O)C1CCCN(C(=O)C(NC(=O)C(CC(=O)C(NC(=O)CCCOC=O)C(C)O)Cc2cnc[nH]2)C(c2ccccc2)c2ccccc2)C1. The molecule has 7 amide bonds. The van der Waals surface area contributed by atoms with Crippen molar-refractivity contribution in [2.24, 2.45) is 56.6 Å². The normalized spacial score (nSPS) is 14.6. The maximum Gasteiger partial charge on any atom is 0.293 e. The van der Waals surface area contributed by atoms with E-state index in [9.17, 15) is 48.3 Å². The fraction of sp³-hybridized carbons (Fsp3) is 0.598. The van der Waals surface area contributed by atoms with Gasteiger partial charge in [-0.15, -0.1) is 0 Å². The summed E-state index contributed by atoms with van der Waals surface area (Å²) < 4.78 is 4.70. The van der Waals surface area contributed by atoms with Gasteiger partial charge in [0.2, 0.25) is 41.4 Å². The minimum atomic E-state index is -1.44. The number of H-pyrrole nitrogens is 2. The topological polar surface area (TPSA) is 474 Å². The third-order valence-electron chi connectivity index (χ3n) is 22.9. The first-order valence-electron chi connectivity index (χ1n) is 44.7. The first-order chi connectivity index (χ1) is 59.4. The van der Waals surface area contributed by atoms with Crippen molar-refractivity contribution in [3.05, 3.63) is 126 Å². The van der Waals surface area contributed by atoms with Crippen molar-refractivity contribution in [3.8, 4) is 0 Å². The van der Waals surface area contributed by atoms with Gasteiger partial charge in [-0.1, -0.05) is 182 Å². The fourth-order valence-electron chi connectivity index (χ4n) is 16.0. The number of imidazole rings is 1. The Morgan fingerprint density at radius 1 is 0.610 bits per heavy atom. The van der Waals surface area contributed by atoms with Gasteiger partial charge in [0.15, 0.2) is 29.3 Å². The summed E-state index contributed by atoms with van der Waals surface area (Å²) in [7, 11) is 0. The first kappa shape index (κ1) is 102. The molecule has 30 nitrogen and oxygen atoms in total. The molecule has 0 saturated carbocycles. The van der Waals surface area contributed by atoms with E-state index in [1.165, 1.54) is 95.0 Å². The molecule has 1 fully saturated rings. The fourth-order valence-corrected chi connectivity index (χ4v) is 16.3. The summed E-state index contributed by atoms with van der Waals surface area (Å²) in [6.45, 7) is 6.88. The van der Waals surface area contributed by atoms with E-state index in [1.54, 1.807) is 35.4 Å². The zero-order valence-corrected chi connectivity index (χ0v) is 73.5. The summed E-state index contributed by atoms with van der Waals surface area (Å²) in [5.41, 5.74) is 26.2. The second-order valence-electron chi connectivity index (χ2n) is 32.6. The van der Waals surface area contributed by atoms with E-state index in [2.05, 4.69) is 71.1 Å². The molecule has 0 spiro atoms. The largest absolute Gasteiger partial charge is 0.468 e. The van der Waals surface area contributed by atoms with Gasteiger partial charge >= 0.3 is 0 Å². The van der Waals surface area contributed by atoms with E-state index < -0.39 is 114 Å². The van der Waals surface area contributed by atoms with Crippen molar-refractivity contribution in [1.29, 1.82) is 0 Å². The number of likely N-dealkylation sites (N-methyl/N-ethyl adjacent to an activating group) is 1. The molecule has 0 aliphatic carbocycles. The summed E-state index contributed by atoms with van der Waals surface area (Å²) in [6.07, 6.45) is 23.6. The van der Waals surface area contributed by atoms with Crippen LogP contribution in [0.3, 0.4) is 0 Å². The van der Waals surface area contributed by atoms with Crippen LogP contribution in [0, 0.1) is 23.7 Å². The van der Waals surface area contributed by atoms with Crippen LogP contribution in [0.1, 0.15) is 248 Å². The first-order valence-corrected chi connectivity index (χ1v) is 45.3. The van der Waals surface area contributed by atoms with Crippen LogP contribution in [0.25, 0.3) is 10.9 Å². The number of carbonyl (C=O) groups is 12. The summed E-state index contributed by atoms with van der Waals surface area (Å²) in [5, 5.41) is 26.2. The van der Waals surface area contributed by atoms with E-state index in [0.717, 1.165) is 35.7 Å². The number of piperidine rings is 1. The molecule has 1 saturated heterocycles. The minimum Gasteiger partial charge on any atom is -0.468 e. The number of aromatic amines is 2. The van der Waals surface area contributed by atoms with Crippen LogP contribution in [0.5, 0.6) is 0 Å². The molecule has 2 aromatic heterocycles. The smallest absolute Gasteiger partial charge is 0.293 e. The molecule has 16 N–H and O–H groups in total. The highest BCUT2D eigenvalue weighted by Gasteiger charge is 2.42. The lowest BCUT2D eigenvalue weighted by Gasteiger charge is -2.38. The molecule has 3 heterocycles. The van der Waals surface area contributed by atoms with Crippen LogP contribution in [0.15, 0.2) is 114 Å². The van der Waals surface area contributed by atoms with Crippen LogP contribution in [0.4, 0.5) is 0 Å². The number of aliphatic imine (C=N–C) groups is 2. The van der Waals surface area contributed by atoms with E-state index in [0.29, 0.717) is 68.4 Å². The number of aromatic nitrogens is 3. The van der Waals surface area contributed by atoms with Crippen molar-refractivity contribution in [2.75, 3.05) is 58.2 Å². The Morgan fingerprint density at radius 2 is 1.17 bits per heavy atom. The molecule has 123 heavy (non-hydrogen) atoms. The van der Waals surface area contributed by atoms with E-state index in [1.807, 2.05) is 67.6 Å². The molecule has 6 rings (SSSR count). The molecule has 1 aliphatic rings. The molecule has 1 aliphatic heterocycles. The maximum atomic E-state index is 15.8. The number of likely N-dealkylation sites (tertiary alicyclic amines) is 1. The Hall–Kier alpha value is -10.3. The Kier molecular flexibility index (Phi) is 47.8. The third-order valence-corrected chi connectivity index (χ3v) is 23.3. The van der Waals surface area contributed by atoms with Crippen molar-refractivity contribution in [3.63, 3.8) is 0 Å². The number of aliphatic hydroxyl groups is 1. The summed E-state index contributed by atoms with van der Waals surface area (Å²) in [5.74, 6) is -10.8. The van der Waals surface area contributed by atoms with E-state index in [-0.39, 0.29) is 157 Å². The number of fused-ring (bicyclic) bond motifs is 1. The molecule has 3 aromatic carbocycles. The number of nitrogens with zero attached hydrogens (tertiary/aromatic N) is 5. The molecule has 5 aromatic rings. The molecule has 0 radical (unpaired) electrons. The number of ketones is 4. The Balaban J connectivity index is 1.13. The number of hydrogen-bond donors (Lipinski definition) is 13. The highest BCUT2D eigenvalue weighted by molar-refractivity contribution is 7.80. The summed E-state index contributed by atoms with van der Waals surface area (Å²) >= 11 is 4.55. The molecule has 9 atom stereocenters. The predicted molar refractivity (Wildman–Crippen MR) is 480 cm³/mol. The van der Waals surface area contributed by atoms with Crippen LogP contribution in [-0.2, 0) is 75.1 Å². The number of nitrogens with two attached hydrogens (primary N) is 4. The lowest BCUT2D eigenvalue weighted by Crippen LogP contribution is -2.56. The van der Waals surface area contributed by atoms with E-state index >= 15 is 14.4 Å². The second-order valence-corrected chi connectivity index (χ2v) is 33.0. The van der Waals surface area contributed by atoms with Crippen molar-refractivity contribution < 1.29 is 67.4 Å². The lowest BCUT2D eigenvalue weighted by atomic mass is 9.82. The molecular formula is C92H138N16O14S. The number of aliphatic hydroxyl groups excluding tert-OH is 1. The molecule has 0 bridgehead atoms. The van der Waals surface area contributed by atoms with Gasteiger partial charge in [-0.3, -0.25) is 67.5 Å². The zero-order valence-electron chi connectivity index (χ0n) is 72.6. The quantitative estimate of drug-likeness (QED) is 0.00567. The lowest BCUT2D eigenvalue weighted by molar-refractivity contribution is -0.141. The minimum absolute atomic E-state index is 0.00479. The standard InChI is InChI=1S/C92H138N16O14S/c1-4-6-7-8-9-10-11-12-13-14-15-16-19-30-47-98-82(116)60-107(5-2)83(117)46-27-18-17-26-44-77(111)75(53-71-57-101-74-43-29-28-42-73(71)74)103-87(118)68(40-32-49-100-92(95)96)55-79(113)76(61-123)104-88(119)67(39-31-48-99-91(93)94)54-78(112)69-41-33-50-108(59-69)90(121)86(84(65-35-22-20-23-36-65)66-37-24-21-25-38-66)106-89(120)70(52-72-58-97-62-102-72)56-80(114)85(64(3)110)105-81(115)45-34-51-122-63-109/h20-25,28-29,35-38,42-43,57-58,62-64,67-70,75-76,84-86,101,110,123H,4-19,26-27,30-34,39-41,44-56,59-61H2,1-3H3,(H,97,102)(H,98,116)(H,103,118)(H,104,119)(H,105,115)(H,106,120)(H4,93,94,99)(H4,95,96,100). The predicted octanol–water partition coefficient (Wildman–Crippen LogP) is 9.14. The number of benzene rings is 3. The second kappa shape index (κ2) is 57.9. The molecular weight excluding hydrogens is 1590 g/mol. The average Bonchev–Trinajstić information content (AvgIpc) is 1.06. The van der Waals surface area contributed by atoms with Crippen molar-refractivity contribution in [2.45, 2.75) is 269 Å².